The normalized spacial score (nSPS) is 12.0. The summed E-state index contributed by atoms with van der Waals surface area (Å²) in [6.07, 6.45) is 0. The van der Waals surface area contributed by atoms with Gasteiger partial charge in [0.25, 0.3) is 0 Å². The molecule has 4 heterocycles. The van der Waals surface area contributed by atoms with Gasteiger partial charge in [-0.2, -0.15) is 0 Å². The zero-order valence-corrected chi connectivity index (χ0v) is 84.3. The SMILES string of the molecule is CC(C)(C)c1cc2cccc(-c3ccccc3)c2c2ccccc12.CC(C)(C)c1cc2ccccc2c2ccccc12.CC(C)(C)c1ccc2c3ccccc3c3ccccc3c2c1.[C-]#[N+]c1cccc2oc3c(C(C)(C)C)cccc3c12.[C-]#[N+]c1cccc2oc3cc(C(C)(C)C)ccc3c12.[C-]#[N+]c1cccc2oc3ccc(C(C)(C)C)cc3c12.[C-]#[N+]c1cccc2oc3cccc(C(C)(C)C)c3c12. The van der Waals surface area contributed by atoms with Gasteiger partial charge in [0, 0.05) is 48.7 Å². The monoisotopic (exact) mass is 1820 g/mol. The molecule has 19 aromatic carbocycles. The highest BCUT2D eigenvalue weighted by atomic mass is 16.3. The van der Waals surface area contributed by atoms with Crippen LogP contribution in [0.25, 0.3) is 194 Å². The Labute approximate surface area is 822 Å². The van der Waals surface area contributed by atoms with Crippen LogP contribution >= 0.6 is 0 Å². The van der Waals surface area contributed by atoms with Gasteiger partial charge in [-0.05, 0) is 225 Å². The van der Waals surface area contributed by atoms with Crippen molar-refractivity contribution >= 4 is 186 Å². The van der Waals surface area contributed by atoms with Gasteiger partial charge in [0.15, 0.2) is 22.7 Å². The second-order valence-corrected chi connectivity index (χ2v) is 43.8. The molecule has 0 spiro atoms. The van der Waals surface area contributed by atoms with Gasteiger partial charge in [-0.1, -0.05) is 424 Å². The van der Waals surface area contributed by atoms with Crippen molar-refractivity contribution in [2.45, 2.75) is 183 Å². The summed E-state index contributed by atoms with van der Waals surface area (Å²) in [6, 6.07) is 120. The van der Waals surface area contributed by atoms with Gasteiger partial charge >= 0.3 is 0 Å². The summed E-state index contributed by atoms with van der Waals surface area (Å²) < 4.78 is 23.6. The van der Waals surface area contributed by atoms with E-state index in [9.17, 15) is 0 Å². The first kappa shape index (κ1) is 95.9. The Morgan fingerprint density at radius 3 is 1.01 bits per heavy atom. The molecule has 23 aromatic rings. The molecule has 0 radical (unpaired) electrons. The molecule has 0 bridgehead atoms. The molecule has 4 aromatic heterocycles. The van der Waals surface area contributed by atoms with Gasteiger partial charge in [0.2, 0.25) is 0 Å². The van der Waals surface area contributed by atoms with Crippen LogP contribution in [0.3, 0.4) is 0 Å². The van der Waals surface area contributed by atoms with E-state index >= 15 is 0 Å². The lowest BCUT2D eigenvalue weighted by atomic mass is 9.81. The van der Waals surface area contributed by atoms with E-state index in [0.29, 0.717) is 22.7 Å². The van der Waals surface area contributed by atoms with E-state index < -0.39 is 0 Å². The van der Waals surface area contributed by atoms with Crippen molar-refractivity contribution in [3.63, 3.8) is 0 Å². The molecule has 0 atom stereocenters. The molecule has 0 fully saturated rings. The smallest absolute Gasteiger partial charge is 0.198 e. The Hall–Kier alpha value is -15.8. The zero-order chi connectivity index (χ0) is 99.3. The number of nitrogens with zero attached hydrogens (tertiary/aromatic N) is 4. The van der Waals surface area contributed by atoms with Gasteiger partial charge in [-0.15, -0.1) is 0 Å². The predicted octanol–water partition coefficient (Wildman–Crippen LogP) is 40.4. The highest BCUT2D eigenvalue weighted by Crippen LogP contribution is 2.48. The second-order valence-electron chi connectivity index (χ2n) is 43.8. The Kier molecular flexibility index (Phi) is 26.0. The molecule has 140 heavy (non-hydrogen) atoms. The van der Waals surface area contributed by atoms with Crippen LogP contribution in [0.15, 0.2) is 363 Å². The molecule has 23 rings (SSSR count). The van der Waals surface area contributed by atoms with E-state index in [2.05, 4.69) is 407 Å². The second kappa shape index (κ2) is 37.9. The van der Waals surface area contributed by atoms with Crippen molar-refractivity contribution in [2.75, 3.05) is 0 Å². The molecule has 8 nitrogen and oxygen atoms in total. The third kappa shape index (κ3) is 19.1. The Morgan fingerprint density at radius 1 is 0.179 bits per heavy atom. The quantitative estimate of drug-likeness (QED) is 0.121. The number of fused-ring (bicyclic) bond motifs is 24. The van der Waals surface area contributed by atoms with Crippen LogP contribution < -0.4 is 0 Å². The maximum absolute atomic E-state index is 7.35. The Balaban J connectivity index is 0.000000113. The fourth-order valence-corrected chi connectivity index (χ4v) is 19.5. The molecular formula is C132H120N4O4. The van der Waals surface area contributed by atoms with E-state index in [0.717, 1.165) is 87.8 Å². The summed E-state index contributed by atoms with van der Waals surface area (Å²) >= 11 is 0. The highest BCUT2D eigenvalue weighted by Gasteiger charge is 2.28. The maximum atomic E-state index is 7.35. The average molecular weight is 1830 g/mol. The number of benzene rings is 19. The topological polar surface area (TPSA) is 70.0 Å². The van der Waals surface area contributed by atoms with Gasteiger partial charge in [-0.25, -0.2) is 19.4 Å². The van der Waals surface area contributed by atoms with Crippen molar-refractivity contribution < 1.29 is 17.7 Å². The van der Waals surface area contributed by atoms with Crippen LogP contribution in [-0.4, -0.2) is 0 Å². The molecule has 0 N–H and O–H groups in total. The van der Waals surface area contributed by atoms with Crippen LogP contribution in [-0.2, 0) is 37.9 Å². The molecule has 8 heteroatoms. The average Bonchev–Trinajstić information content (AvgIpc) is 1.52. The van der Waals surface area contributed by atoms with Crippen LogP contribution in [0.2, 0.25) is 0 Å². The van der Waals surface area contributed by atoms with E-state index in [1.807, 2.05) is 103 Å². The van der Waals surface area contributed by atoms with Crippen molar-refractivity contribution in [1.82, 2.24) is 0 Å². The lowest BCUT2D eigenvalue weighted by Crippen LogP contribution is -2.11. The predicted molar refractivity (Wildman–Crippen MR) is 598 cm³/mol. The summed E-state index contributed by atoms with van der Waals surface area (Å²) in [5, 5.41) is 26.8. The molecule has 0 unspecified atom stereocenters. The third-order valence-corrected chi connectivity index (χ3v) is 26.7. The zero-order valence-electron chi connectivity index (χ0n) is 84.3. The minimum atomic E-state index is 0.0193. The van der Waals surface area contributed by atoms with Gasteiger partial charge in [0.05, 0.1) is 26.3 Å². The first-order valence-electron chi connectivity index (χ1n) is 48.3. The summed E-state index contributed by atoms with van der Waals surface area (Å²) in [7, 11) is 0. The number of furan rings is 4. The first-order chi connectivity index (χ1) is 66.7. The largest absolute Gasteiger partial charge is 0.457 e. The molecule has 0 aliphatic rings. The van der Waals surface area contributed by atoms with E-state index in [-0.39, 0.29) is 37.9 Å². The highest BCUT2D eigenvalue weighted by molar-refractivity contribution is 6.26. The number of rotatable bonds is 1. The van der Waals surface area contributed by atoms with Crippen molar-refractivity contribution in [1.29, 1.82) is 0 Å². The molecule has 0 aliphatic carbocycles. The summed E-state index contributed by atoms with van der Waals surface area (Å²) in [5.41, 5.74) is 21.6. The molecule has 0 amide bonds. The Bertz CT molecular complexity index is 8820. The van der Waals surface area contributed by atoms with Crippen molar-refractivity contribution in [3.8, 4) is 11.1 Å². The van der Waals surface area contributed by atoms with Crippen LogP contribution in [0.4, 0.5) is 22.7 Å². The Morgan fingerprint density at radius 2 is 0.507 bits per heavy atom. The van der Waals surface area contributed by atoms with E-state index in [1.54, 1.807) is 0 Å². The van der Waals surface area contributed by atoms with Crippen molar-refractivity contribution in [2.24, 2.45) is 0 Å². The molecular weight excluding hydrogens is 1710 g/mol. The molecule has 692 valence electrons. The summed E-state index contributed by atoms with van der Waals surface area (Å²) in [6.45, 7) is 75.9. The summed E-state index contributed by atoms with van der Waals surface area (Å²) in [5.74, 6) is 0. The fraction of sp³-hybridized carbons (Fsp3) is 0.212. The van der Waals surface area contributed by atoms with Gasteiger partial charge in [0.1, 0.15) is 44.7 Å². The van der Waals surface area contributed by atoms with Gasteiger partial charge in [-0.3, -0.25) is 0 Å². The summed E-state index contributed by atoms with van der Waals surface area (Å²) in [4.78, 5) is 14.4. The lowest BCUT2D eigenvalue weighted by Gasteiger charge is -2.23. The first-order valence-corrected chi connectivity index (χ1v) is 48.3. The van der Waals surface area contributed by atoms with Crippen LogP contribution in [0.1, 0.15) is 184 Å². The van der Waals surface area contributed by atoms with E-state index in [1.165, 1.54) is 125 Å². The fourth-order valence-electron chi connectivity index (χ4n) is 19.5. The maximum Gasteiger partial charge on any atom is 0.198 e. The standard InChI is InChI=1S/C24H22.C22H20.C18H18.4C17H15NO/c1-24(2,3)22-16-18-12-9-15-19(17-10-5-4-6-11-17)23(18)21-14-8-7-13-20(21)22;1-22(2,3)15-12-13-20-18-10-5-4-8-16(18)17-9-6-7-11-19(17)21(20)14-15;1-18(2,3)17-12-13-8-4-5-9-14(13)15-10-6-7-11-16(15)17;1-17(2,3)11-7-5-9-13-15(11)16-12(18-4)8-6-10-14(16)19-13;1-17(2,3)12-8-5-7-11-15-13(18-4)9-6-10-14(15)19-16(11)12;1-17(2,3)11-8-9-14-12(10-11)16-13(18-4)6-5-7-15(16)19-14;1-17(2,3)11-8-9-12-15(10-11)19-14-7-5-6-13(18-4)16(12)14/h4-16H,1-3H3;4-14H,1-3H3;4-12H,1-3H3;4*5-10H,1-3H3. The van der Waals surface area contributed by atoms with Gasteiger partial charge < -0.3 is 17.7 Å². The number of hydrogen-bond donors (Lipinski definition) is 0. The lowest BCUT2D eigenvalue weighted by molar-refractivity contribution is 0.573. The third-order valence-electron chi connectivity index (χ3n) is 26.7. The molecule has 0 saturated carbocycles. The number of hydrogen-bond acceptors (Lipinski definition) is 4. The molecule has 0 aliphatic heterocycles. The van der Waals surface area contributed by atoms with Crippen LogP contribution in [0.5, 0.6) is 0 Å². The minimum absolute atomic E-state index is 0.0193. The molecule has 0 saturated heterocycles. The van der Waals surface area contributed by atoms with E-state index in [4.69, 9.17) is 44.0 Å². The number of para-hydroxylation sites is 1. The van der Waals surface area contributed by atoms with Crippen molar-refractivity contribution in [3.05, 3.63) is 430 Å². The minimum Gasteiger partial charge on any atom is -0.457 e. The van der Waals surface area contributed by atoms with Crippen LogP contribution in [0, 0.1) is 26.3 Å².